The molecule has 0 N–H and O–H groups in total. The summed E-state index contributed by atoms with van der Waals surface area (Å²) in [6.45, 7) is 0. The number of ether oxygens (including phenoxy) is 1. The minimum atomic E-state index is -0.413. The fraction of sp³-hybridized carbons (Fsp3) is 0.0435. The van der Waals surface area contributed by atoms with Crippen molar-refractivity contribution >= 4 is 57.9 Å². The highest BCUT2D eigenvalue weighted by molar-refractivity contribution is 8.19. The van der Waals surface area contributed by atoms with Gasteiger partial charge in [0.25, 0.3) is 5.91 Å². The third-order valence-corrected chi connectivity index (χ3v) is 5.68. The molecule has 0 atom stereocenters. The van der Waals surface area contributed by atoms with E-state index < -0.39 is 5.97 Å². The van der Waals surface area contributed by atoms with E-state index in [-0.39, 0.29) is 5.91 Å². The van der Waals surface area contributed by atoms with E-state index in [1.165, 1.54) is 25.1 Å². The standard InChI is InChI=1S/C23H16ClN3O3S/c1-30-22(29)16-9-7-15(8-10-16)13-20-21(28)27(17-5-3-2-4-6-17)23(31-20)26-19-11-12-25-14-18(19)24/h2-14H,1H3/b20-13-,26-23?. The quantitative estimate of drug-likeness (QED) is 0.397. The lowest BCUT2D eigenvalue weighted by Gasteiger charge is -2.15. The Bertz CT molecular complexity index is 1190. The Morgan fingerprint density at radius 3 is 2.55 bits per heavy atom. The Labute approximate surface area is 188 Å². The monoisotopic (exact) mass is 449 g/mol. The number of carbonyl (C=O) groups excluding carboxylic acids is 2. The van der Waals surface area contributed by atoms with Gasteiger partial charge in [-0.05, 0) is 53.7 Å². The number of hydrogen-bond donors (Lipinski definition) is 0. The van der Waals surface area contributed by atoms with Crippen LogP contribution in [0.4, 0.5) is 11.4 Å². The molecule has 1 amide bonds. The largest absolute Gasteiger partial charge is 0.465 e. The molecule has 154 valence electrons. The molecular weight excluding hydrogens is 434 g/mol. The third kappa shape index (κ3) is 4.52. The molecule has 6 nitrogen and oxygen atoms in total. The number of aliphatic imine (C=N–C) groups is 1. The van der Waals surface area contributed by atoms with Gasteiger partial charge in [0.1, 0.15) is 0 Å². The van der Waals surface area contributed by atoms with Crippen LogP contribution in [0.2, 0.25) is 5.02 Å². The molecule has 4 rings (SSSR count). The second-order valence-electron chi connectivity index (χ2n) is 6.42. The van der Waals surface area contributed by atoms with Gasteiger partial charge in [-0.15, -0.1) is 0 Å². The first-order valence-corrected chi connectivity index (χ1v) is 10.4. The van der Waals surface area contributed by atoms with Gasteiger partial charge in [-0.25, -0.2) is 9.79 Å². The second kappa shape index (κ2) is 9.16. The summed E-state index contributed by atoms with van der Waals surface area (Å²) in [7, 11) is 1.33. The second-order valence-corrected chi connectivity index (χ2v) is 7.84. The molecule has 2 aromatic carbocycles. The smallest absolute Gasteiger partial charge is 0.337 e. The zero-order chi connectivity index (χ0) is 21.8. The van der Waals surface area contributed by atoms with E-state index in [2.05, 4.69) is 9.98 Å². The maximum absolute atomic E-state index is 13.3. The molecule has 0 saturated carbocycles. The molecule has 3 aromatic rings. The summed E-state index contributed by atoms with van der Waals surface area (Å²) < 4.78 is 4.72. The number of benzene rings is 2. The summed E-state index contributed by atoms with van der Waals surface area (Å²) in [5, 5.41) is 0.883. The van der Waals surface area contributed by atoms with Crippen LogP contribution in [-0.2, 0) is 9.53 Å². The molecule has 0 radical (unpaired) electrons. The highest BCUT2D eigenvalue weighted by Crippen LogP contribution is 2.38. The molecule has 2 heterocycles. The van der Waals surface area contributed by atoms with Crippen molar-refractivity contribution in [3.8, 4) is 0 Å². The van der Waals surface area contributed by atoms with Crippen molar-refractivity contribution in [2.75, 3.05) is 12.0 Å². The van der Waals surface area contributed by atoms with E-state index >= 15 is 0 Å². The molecular formula is C23H16ClN3O3S. The Hall–Kier alpha value is -3.42. The molecule has 0 bridgehead atoms. The van der Waals surface area contributed by atoms with E-state index in [9.17, 15) is 9.59 Å². The average Bonchev–Trinajstić information content (AvgIpc) is 3.10. The normalized spacial score (nSPS) is 16.2. The maximum atomic E-state index is 13.3. The number of rotatable bonds is 4. The van der Waals surface area contributed by atoms with Gasteiger partial charge in [0.15, 0.2) is 5.17 Å². The lowest BCUT2D eigenvalue weighted by molar-refractivity contribution is -0.113. The lowest BCUT2D eigenvalue weighted by Crippen LogP contribution is -2.28. The number of para-hydroxylation sites is 1. The number of amidine groups is 1. The maximum Gasteiger partial charge on any atom is 0.337 e. The lowest BCUT2D eigenvalue weighted by atomic mass is 10.1. The molecule has 0 aliphatic carbocycles. The average molecular weight is 450 g/mol. The first kappa shape index (κ1) is 20.8. The number of aromatic nitrogens is 1. The molecule has 8 heteroatoms. The fourth-order valence-corrected chi connectivity index (χ4v) is 4.06. The number of amides is 1. The van der Waals surface area contributed by atoms with Crippen LogP contribution >= 0.6 is 23.4 Å². The van der Waals surface area contributed by atoms with Gasteiger partial charge in [-0.1, -0.05) is 41.9 Å². The number of thioether (sulfide) groups is 1. The number of anilines is 1. The van der Waals surface area contributed by atoms with E-state index in [0.29, 0.717) is 32.0 Å². The van der Waals surface area contributed by atoms with Crippen LogP contribution < -0.4 is 4.90 Å². The van der Waals surface area contributed by atoms with Crippen LogP contribution in [0.25, 0.3) is 6.08 Å². The zero-order valence-electron chi connectivity index (χ0n) is 16.4. The van der Waals surface area contributed by atoms with E-state index in [1.807, 2.05) is 30.3 Å². The van der Waals surface area contributed by atoms with Gasteiger partial charge >= 0.3 is 5.97 Å². The van der Waals surface area contributed by atoms with Gasteiger partial charge in [-0.2, -0.15) is 0 Å². The first-order valence-electron chi connectivity index (χ1n) is 9.22. The Morgan fingerprint density at radius 2 is 1.87 bits per heavy atom. The number of pyridine rings is 1. The first-order chi connectivity index (χ1) is 15.1. The SMILES string of the molecule is COC(=O)c1ccc(/C=C2\SC(=Nc3ccncc3Cl)N(c3ccccc3)C2=O)cc1. The molecule has 0 unspecified atom stereocenters. The van der Waals surface area contributed by atoms with Crippen molar-refractivity contribution in [2.45, 2.75) is 0 Å². The summed E-state index contributed by atoms with van der Waals surface area (Å²) in [5.74, 6) is -0.610. The van der Waals surface area contributed by atoms with Crippen LogP contribution in [0.1, 0.15) is 15.9 Å². The third-order valence-electron chi connectivity index (χ3n) is 4.42. The molecule has 31 heavy (non-hydrogen) atoms. The van der Waals surface area contributed by atoms with Crippen molar-refractivity contribution < 1.29 is 14.3 Å². The van der Waals surface area contributed by atoms with Gasteiger partial charge in [-0.3, -0.25) is 14.7 Å². The number of carbonyl (C=O) groups is 2. The minimum Gasteiger partial charge on any atom is -0.465 e. The number of methoxy groups -OCH3 is 1. The topological polar surface area (TPSA) is 71.9 Å². The predicted octanol–water partition coefficient (Wildman–Crippen LogP) is 5.33. The van der Waals surface area contributed by atoms with Gasteiger partial charge in [0, 0.05) is 12.4 Å². The minimum absolute atomic E-state index is 0.197. The highest BCUT2D eigenvalue weighted by Gasteiger charge is 2.34. The van der Waals surface area contributed by atoms with Gasteiger partial charge in [0.2, 0.25) is 0 Å². The fourth-order valence-electron chi connectivity index (χ4n) is 2.90. The van der Waals surface area contributed by atoms with Crippen molar-refractivity contribution in [3.63, 3.8) is 0 Å². The summed E-state index contributed by atoms with van der Waals surface area (Å²) in [4.78, 5) is 35.5. The van der Waals surface area contributed by atoms with Gasteiger partial charge < -0.3 is 4.74 Å². The number of nitrogens with zero attached hydrogens (tertiary/aromatic N) is 3. The van der Waals surface area contributed by atoms with Crippen molar-refractivity contribution in [3.05, 3.63) is 94.1 Å². The van der Waals surface area contributed by atoms with E-state index in [0.717, 1.165) is 5.56 Å². The Morgan fingerprint density at radius 1 is 1.13 bits per heavy atom. The molecule has 0 spiro atoms. The van der Waals surface area contributed by atoms with Crippen LogP contribution in [0.15, 0.2) is 83.0 Å². The predicted molar refractivity (Wildman–Crippen MR) is 124 cm³/mol. The molecule has 1 saturated heterocycles. The molecule has 1 fully saturated rings. The Balaban J connectivity index is 1.72. The van der Waals surface area contributed by atoms with Crippen LogP contribution in [0.3, 0.4) is 0 Å². The summed E-state index contributed by atoms with van der Waals surface area (Å²) in [6.07, 6.45) is 4.87. The number of halogens is 1. The molecule has 1 aliphatic heterocycles. The van der Waals surface area contributed by atoms with E-state index in [1.54, 1.807) is 47.5 Å². The summed E-state index contributed by atoms with van der Waals surface area (Å²) >= 11 is 7.47. The molecule has 1 aliphatic rings. The van der Waals surface area contributed by atoms with E-state index in [4.69, 9.17) is 16.3 Å². The van der Waals surface area contributed by atoms with Gasteiger partial charge in [0.05, 0.1) is 34.0 Å². The number of esters is 1. The summed E-state index contributed by atoms with van der Waals surface area (Å²) in [6, 6.07) is 17.8. The Kier molecular flexibility index (Phi) is 6.16. The van der Waals surface area contributed by atoms with Crippen LogP contribution in [-0.4, -0.2) is 29.1 Å². The van der Waals surface area contributed by atoms with Crippen LogP contribution in [0, 0.1) is 0 Å². The number of hydrogen-bond acceptors (Lipinski definition) is 6. The summed E-state index contributed by atoms with van der Waals surface area (Å²) in [5.41, 5.74) is 2.44. The van der Waals surface area contributed by atoms with Crippen LogP contribution in [0.5, 0.6) is 0 Å². The van der Waals surface area contributed by atoms with Crippen molar-refractivity contribution in [2.24, 2.45) is 4.99 Å². The molecule has 1 aromatic heterocycles. The zero-order valence-corrected chi connectivity index (χ0v) is 17.9. The highest BCUT2D eigenvalue weighted by atomic mass is 35.5. The van der Waals surface area contributed by atoms with Crippen molar-refractivity contribution in [1.29, 1.82) is 0 Å². The van der Waals surface area contributed by atoms with Crippen molar-refractivity contribution in [1.82, 2.24) is 4.98 Å².